The molecule has 2 aliphatic rings. The Bertz CT molecular complexity index is 1640. The normalized spacial score (nSPS) is 14.9. The molecule has 0 unspecified atom stereocenters. The minimum atomic E-state index is -0.0934. The van der Waals surface area contributed by atoms with Gasteiger partial charge in [0.15, 0.2) is 0 Å². The number of hydrogen-bond acceptors (Lipinski definition) is 6. The van der Waals surface area contributed by atoms with E-state index in [2.05, 4.69) is 20.6 Å². The van der Waals surface area contributed by atoms with Crippen molar-refractivity contribution in [1.82, 2.24) is 24.9 Å². The van der Waals surface area contributed by atoms with Crippen LogP contribution < -0.4 is 15.5 Å². The summed E-state index contributed by atoms with van der Waals surface area (Å²) in [5, 5.41) is 20.5. The summed E-state index contributed by atoms with van der Waals surface area (Å²) in [6.45, 7) is 6.40. The van der Waals surface area contributed by atoms with Gasteiger partial charge in [0.25, 0.3) is 5.91 Å². The van der Waals surface area contributed by atoms with Crippen LogP contribution in [-0.2, 0) is 33.3 Å². The van der Waals surface area contributed by atoms with Gasteiger partial charge in [0, 0.05) is 57.4 Å². The molecule has 10 nitrogen and oxygen atoms in total. The molecule has 3 heterocycles. The molecule has 0 spiro atoms. The van der Waals surface area contributed by atoms with Gasteiger partial charge in [-0.05, 0) is 53.4 Å². The second-order valence-electron chi connectivity index (χ2n) is 11.2. The van der Waals surface area contributed by atoms with E-state index in [0.717, 1.165) is 64.6 Å². The maximum atomic E-state index is 13.8. The number of benzene rings is 3. The topological polar surface area (TPSA) is 106 Å². The Morgan fingerprint density at radius 3 is 2.47 bits per heavy atom. The highest BCUT2D eigenvalue weighted by Crippen LogP contribution is 2.36. The van der Waals surface area contributed by atoms with Gasteiger partial charge >= 0.3 is 6.03 Å². The van der Waals surface area contributed by atoms with Crippen molar-refractivity contribution in [2.45, 2.75) is 33.2 Å². The van der Waals surface area contributed by atoms with Gasteiger partial charge < -0.3 is 25.5 Å². The van der Waals surface area contributed by atoms with Gasteiger partial charge in [0.1, 0.15) is 5.82 Å². The monoisotopic (exact) mass is 579 g/mol. The highest BCUT2D eigenvalue weighted by atomic mass is 16.3. The Morgan fingerprint density at radius 2 is 1.70 bits per heavy atom. The van der Waals surface area contributed by atoms with E-state index in [1.165, 1.54) is 0 Å². The Balaban J connectivity index is 1.07. The number of hydrogen-bond donors (Lipinski definition) is 3. The van der Waals surface area contributed by atoms with Crippen molar-refractivity contribution in [1.29, 1.82) is 0 Å². The third-order valence-electron chi connectivity index (χ3n) is 8.40. The number of anilines is 3. The molecule has 4 aromatic rings. The number of nitrogens with one attached hydrogen (secondary N) is 2. The van der Waals surface area contributed by atoms with E-state index >= 15 is 0 Å². The molecule has 0 radical (unpaired) electrons. The summed E-state index contributed by atoms with van der Waals surface area (Å²) >= 11 is 0. The van der Waals surface area contributed by atoms with E-state index in [9.17, 15) is 14.7 Å². The second-order valence-corrected chi connectivity index (χ2v) is 11.2. The largest absolute Gasteiger partial charge is 0.392 e. The third kappa shape index (κ3) is 5.97. The first kappa shape index (κ1) is 28.4. The summed E-state index contributed by atoms with van der Waals surface area (Å²) in [6.07, 6.45) is 1.79. The first-order valence-electron chi connectivity index (χ1n) is 14.6. The lowest BCUT2D eigenvalue weighted by Crippen LogP contribution is -2.51. The fourth-order valence-electron chi connectivity index (χ4n) is 5.82. The van der Waals surface area contributed by atoms with Crippen LogP contribution in [-0.4, -0.2) is 62.8 Å². The molecule has 0 atom stereocenters. The van der Waals surface area contributed by atoms with E-state index in [1.807, 2.05) is 85.6 Å². The number of carbonyl (C=O) groups excluding carboxylic acids is 2. The minimum Gasteiger partial charge on any atom is -0.392 e. The standard InChI is InChI=1S/C33H37N7O3/c1-23-17-24(32(42)40-21-28-19-35-37(2)31(28)36-29-9-5-6-10-30(29)40)11-12-25(23)18-34-33(43)39-15-13-38(14-16-39)20-26-7-3-4-8-27(26)22-41/h3-12,17,19,36,41H,13-16,18,20-22H2,1-2H3,(H,34,43). The van der Waals surface area contributed by atoms with Gasteiger partial charge in [-0.25, -0.2) is 4.79 Å². The lowest BCUT2D eigenvalue weighted by Gasteiger charge is -2.35. The Labute approximate surface area is 251 Å². The lowest BCUT2D eigenvalue weighted by molar-refractivity contribution is 0.0985. The summed E-state index contributed by atoms with van der Waals surface area (Å²) in [6, 6.07) is 21.3. The molecular formula is C33H37N7O3. The van der Waals surface area contributed by atoms with E-state index in [1.54, 1.807) is 15.8 Å². The zero-order chi connectivity index (χ0) is 29.9. The number of aryl methyl sites for hydroxylation is 2. The fourth-order valence-corrected chi connectivity index (χ4v) is 5.82. The number of urea groups is 1. The third-order valence-corrected chi connectivity index (χ3v) is 8.40. The molecule has 10 heteroatoms. The average molecular weight is 580 g/mol. The van der Waals surface area contributed by atoms with Gasteiger partial charge in [-0.3, -0.25) is 14.4 Å². The molecule has 0 saturated carbocycles. The molecular weight excluding hydrogens is 542 g/mol. The number of amides is 3. The maximum absolute atomic E-state index is 13.8. The average Bonchev–Trinajstić information content (AvgIpc) is 3.27. The predicted molar refractivity (Wildman–Crippen MR) is 166 cm³/mol. The highest BCUT2D eigenvalue weighted by molar-refractivity contribution is 6.08. The Morgan fingerprint density at radius 1 is 0.953 bits per heavy atom. The highest BCUT2D eigenvalue weighted by Gasteiger charge is 2.27. The second kappa shape index (κ2) is 12.3. The maximum Gasteiger partial charge on any atom is 0.317 e. The first-order chi connectivity index (χ1) is 20.9. The predicted octanol–water partition coefficient (Wildman–Crippen LogP) is 4.15. The van der Waals surface area contributed by atoms with Crippen LogP contribution in [0.1, 0.15) is 38.2 Å². The minimum absolute atomic E-state index is 0.0308. The number of aliphatic hydroxyl groups excluding tert-OH is 1. The SMILES string of the molecule is Cc1cc(C(=O)N2Cc3cnn(C)c3Nc3ccccc32)ccc1CNC(=O)N1CCN(Cc2ccccc2CO)CC1. The number of para-hydroxylation sites is 2. The fraction of sp³-hybridized carbons (Fsp3) is 0.303. The van der Waals surface area contributed by atoms with Crippen molar-refractivity contribution >= 4 is 29.1 Å². The lowest BCUT2D eigenvalue weighted by atomic mass is 10.0. The number of rotatable bonds is 6. The van der Waals surface area contributed by atoms with Crippen LogP contribution in [0.5, 0.6) is 0 Å². The van der Waals surface area contributed by atoms with Crippen LogP contribution in [0.4, 0.5) is 22.0 Å². The number of nitrogens with zero attached hydrogens (tertiary/aromatic N) is 5. The zero-order valence-corrected chi connectivity index (χ0v) is 24.6. The van der Waals surface area contributed by atoms with Gasteiger partial charge in [0.05, 0.1) is 30.7 Å². The number of carbonyl (C=O) groups is 2. The van der Waals surface area contributed by atoms with E-state index in [-0.39, 0.29) is 18.5 Å². The molecule has 3 amide bonds. The van der Waals surface area contributed by atoms with Crippen molar-refractivity contribution in [2.75, 3.05) is 36.4 Å². The summed E-state index contributed by atoms with van der Waals surface area (Å²) in [7, 11) is 1.88. The van der Waals surface area contributed by atoms with Crippen LogP contribution in [0.25, 0.3) is 0 Å². The van der Waals surface area contributed by atoms with Gasteiger partial charge in [-0.1, -0.05) is 42.5 Å². The molecule has 43 heavy (non-hydrogen) atoms. The van der Waals surface area contributed by atoms with Gasteiger partial charge in [0.2, 0.25) is 0 Å². The first-order valence-corrected chi connectivity index (χ1v) is 14.6. The van der Waals surface area contributed by atoms with Crippen molar-refractivity contribution < 1.29 is 14.7 Å². The van der Waals surface area contributed by atoms with E-state index in [0.29, 0.717) is 31.7 Å². The van der Waals surface area contributed by atoms with Crippen LogP contribution in [0.15, 0.2) is 72.9 Å². The van der Waals surface area contributed by atoms with E-state index < -0.39 is 0 Å². The zero-order valence-electron chi connectivity index (χ0n) is 24.6. The van der Waals surface area contributed by atoms with Gasteiger partial charge in [-0.15, -0.1) is 0 Å². The number of aliphatic hydroxyl groups is 1. The van der Waals surface area contributed by atoms with Crippen molar-refractivity contribution in [3.8, 4) is 0 Å². The molecule has 222 valence electrons. The van der Waals surface area contributed by atoms with Crippen molar-refractivity contribution in [3.63, 3.8) is 0 Å². The number of fused-ring (bicyclic) bond motifs is 2. The summed E-state index contributed by atoms with van der Waals surface area (Å²) < 4.78 is 1.78. The van der Waals surface area contributed by atoms with Crippen LogP contribution >= 0.6 is 0 Å². The smallest absolute Gasteiger partial charge is 0.317 e. The molecule has 1 saturated heterocycles. The Kier molecular flexibility index (Phi) is 8.13. The van der Waals surface area contributed by atoms with Crippen molar-refractivity contribution in [2.24, 2.45) is 7.05 Å². The van der Waals surface area contributed by atoms with E-state index in [4.69, 9.17) is 0 Å². The van der Waals surface area contributed by atoms with Crippen molar-refractivity contribution in [3.05, 3.63) is 106 Å². The molecule has 6 rings (SSSR count). The van der Waals surface area contributed by atoms with Gasteiger partial charge in [-0.2, -0.15) is 5.10 Å². The summed E-state index contributed by atoms with van der Waals surface area (Å²) in [5.41, 5.74) is 7.19. The molecule has 0 aliphatic carbocycles. The molecule has 3 N–H and O–H groups in total. The Hall–Kier alpha value is -4.67. The van der Waals surface area contributed by atoms with Crippen LogP contribution in [0, 0.1) is 6.92 Å². The molecule has 1 aromatic heterocycles. The molecule has 0 bridgehead atoms. The van der Waals surface area contributed by atoms with Crippen LogP contribution in [0.2, 0.25) is 0 Å². The van der Waals surface area contributed by atoms with Crippen LogP contribution in [0.3, 0.4) is 0 Å². The number of aromatic nitrogens is 2. The summed E-state index contributed by atoms with van der Waals surface area (Å²) in [5.74, 6) is 0.780. The quantitative estimate of drug-likeness (QED) is 0.317. The summed E-state index contributed by atoms with van der Waals surface area (Å²) in [4.78, 5) is 32.7. The molecule has 1 fully saturated rings. The number of piperazine rings is 1. The molecule has 2 aliphatic heterocycles. The molecule has 3 aromatic carbocycles.